The van der Waals surface area contributed by atoms with Gasteiger partial charge in [-0.2, -0.15) is 0 Å². The third kappa shape index (κ3) is 4.16. The zero-order chi connectivity index (χ0) is 22.8. The van der Waals surface area contributed by atoms with Crippen molar-refractivity contribution in [2.75, 3.05) is 11.8 Å². The van der Waals surface area contributed by atoms with Gasteiger partial charge in [0.1, 0.15) is 17.0 Å². The van der Waals surface area contributed by atoms with Crippen LogP contribution in [0.15, 0.2) is 100 Å². The highest BCUT2D eigenvalue weighted by Gasteiger charge is 2.19. The average Bonchev–Trinajstić information content (AvgIpc) is 3.30. The number of para-hydroxylation sites is 1. The number of oxazole rings is 1. The van der Waals surface area contributed by atoms with Crippen molar-refractivity contribution >= 4 is 26.8 Å². The van der Waals surface area contributed by atoms with Crippen molar-refractivity contribution in [1.82, 2.24) is 9.97 Å². The van der Waals surface area contributed by atoms with E-state index in [9.17, 15) is 8.42 Å². The lowest BCUT2D eigenvalue weighted by atomic mass is 10.1. The first-order chi connectivity index (χ1) is 16.0. The van der Waals surface area contributed by atoms with Gasteiger partial charge in [-0.25, -0.2) is 13.4 Å². The number of hydrogen-bond acceptors (Lipinski definition) is 6. The summed E-state index contributed by atoms with van der Waals surface area (Å²) in [4.78, 5) is 9.05. The maximum atomic E-state index is 12.9. The van der Waals surface area contributed by atoms with E-state index in [1.807, 2.05) is 42.5 Å². The van der Waals surface area contributed by atoms with E-state index in [2.05, 4.69) is 14.7 Å². The van der Waals surface area contributed by atoms with Crippen LogP contribution >= 0.6 is 0 Å². The first kappa shape index (κ1) is 20.7. The summed E-state index contributed by atoms with van der Waals surface area (Å²) in [6.45, 7) is 0. The van der Waals surface area contributed by atoms with Crippen LogP contribution in [0.2, 0.25) is 0 Å². The predicted molar refractivity (Wildman–Crippen MR) is 126 cm³/mol. The molecule has 3 aromatic carbocycles. The summed E-state index contributed by atoms with van der Waals surface area (Å²) in [6, 6.07) is 24.9. The first-order valence-electron chi connectivity index (χ1n) is 10.1. The summed E-state index contributed by atoms with van der Waals surface area (Å²) in [5.74, 6) is 0.876. The van der Waals surface area contributed by atoms with Crippen LogP contribution in [-0.2, 0) is 10.0 Å². The van der Waals surface area contributed by atoms with E-state index in [1.165, 1.54) is 19.2 Å². The van der Waals surface area contributed by atoms with E-state index < -0.39 is 10.0 Å². The number of aromatic nitrogens is 2. The van der Waals surface area contributed by atoms with Crippen LogP contribution in [0.25, 0.3) is 33.8 Å². The molecular formula is C25H19N3O4S. The minimum Gasteiger partial charge on any atom is -0.497 e. The Labute approximate surface area is 190 Å². The topological polar surface area (TPSA) is 94.3 Å². The van der Waals surface area contributed by atoms with Crippen molar-refractivity contribution in [2.45, 2.75) is 4.90 Å². The minimum absolute atomic E-state index is 0.112. The number of ether oxygens (including phenoxy) is 1. The van der Waals surface area contributed by atoms with Crippen molar-refractivity contribution in [1.29, 1.82) is 0 Å². The molecule has 0 aliphatic carbocycles. The Balaban J connectivity index is 1.50. The molecule has 8 heteroatoms. The molecule has 33 heavy (non-hydrogen) atoms. The Morgan fingerprint density at radius 3 is 2.42 bits per heavy atom. The number of methoxy groups -OCH3 is 1. The van der Waals surface area contributed by atoms with Gasteiger partial charge in [0.2, 0.25) is 5.89 Å². The Morgan fingerprint density at radius 1 is 0.879 bits per heavy atom. The standard InChI is InChI=1S/C25H19N3O4S/c1-31-19-10-12-20(13-11-19)33(29,30)28-21-8-5-9-23-24(21)27-25(32-23)22-16-18(14-15-26-22)17-6-3-2-4-7-17/h2-16,28H,1H3. The molecule has 0 aliphatic rings. The fourth-order valence-electron chi connectivity index (χ4n) is 3.46. The van der Waals surface area contributed by atoms with Crippen molar-refractivity contribution in [3.05, 3.63) is 91.1 Å². The molecule has 2 aromatic heterocycles. The first-order valence-corrected chi connectivity index (χ1v) is 11.6. The van der Waals surface area contributed by atoms with E-state index in [0.717, 1.165) is 11.1 Å². The molecule has 164 valence electrons. The van der Waals surface area contributed by atoms with Gasteiger partial charge in [-0.1, -0.05) is 36.4 Å². The molecule has 0 atom stereocenters. The summed E-state index contributed by atoms with van der Waals surface area (Å²) in [7, 11) is -2.31. The van der Waals surface area contributed by atoms with E-state index in [0.29, 0.717) is 34.1 Å². The van der Waals surface area contributed by atoms with Crippen LogP contribution < -0.4 is 9.46 Å². The van der Waals surface area contributed by atoms with Crippen molar-refractivity contribution in [3.63, 3.8) is 0 Å². The van der Waals surface area contributed by atoms with Crippen LogP contribution in [0, 0.1) is 0 Å². The average molecular weight is 458 g/mol. The zero-order valence-electron chi connectivity index (χ0n) is 17.6. The summed E-state index contributed by atoms with van der Waals surface area (Å²) >= 11 is 0. The summed E-state index contributed by atoms with van der Waals surface area (Å²) < 4.78 is 39.4. The molecule has 7 nitrogen and oxygen atoms in total. The number of nitrogens with one attached hydrogen (secondary N) is 1. The molecule has 0 amide bonds. The van der Waals surface area contributed by atoms with Crippen molar-refractivity contribution in [2.24, 2.45) is 0 Å². The van der Waals surface area contributed by atoms with Gasteiger partial charge in [0.05, 0.1) is 17.7 Å². The van der Waals surface area contributed by atoms with E-state index in [-0.39, 0.29) is 4.90 Å². The van der Waals surface area contributed by atoms with Gasteiger partial charge in [0.15, 0.2) is 5.58 Å². The number of rotatable bonds is 6. The largest absolute Gasteiger partial charge is 0.497 e. The SMILES string of the molecule is COc1ccc(S(=O)(=O)Nc2cccc3oc(-c4cc(-c5ccccc5)ccn4)nc23)cc1. The summed E-state index contributed by atoms with van der Waals surface area (Å²) in [5.41, 5.74) is 3.74. The molecule has 5 aromatic rings. The lowest BCUT2D eigenvalue weighted by molar-refractivity contribution is 0.414. The predicted octanol–water partition coefficient (Wildman–Crippen LogP) is 5.37. The van der Waals surface area contributed by atoms with Crippen LogP contribution in [0.3, 0.4) is 0 Å². The molecular weight excluding hydrogens is 438 g/mol. The third-order valence-corrected chi connectivity index (χ3v) is 6.50. The van der Waals surface area contributed by atoms with Crippen molar-refractivity contribution < 1.29 is 17.6 Å². The quantitative estimate of drug-likeness (QED) is 0.369. The Kier molecular flexibility index (Phi) is 5.27. The van der Waals surface area contributed by atoms with Crippen LogP contribution in [0.4, 0.5) is 5.69 Å². The van der Waals surface area contributed by atoms with E-state index in [1.54, 1.807) is 36.5 Å². The number of fused-ring (bicyclic) bond motifs is 1. The van der Waals surface area contributed by atoms with Gasteiger partial charge in [0.25, 0.3) is 10.0 Å². The van der Waals surface area contributed by atoms with Gasteiger partial charge >= 0.3 is 0 Å². The third-order valence-electron chi connectivity index (χ3n) is 5.12. The maximum Gasteiger partial charge on any atom is 0.261 e. The Morgan fingerprint density at radius 2 is 1.67 bits per heavy atom. The van der Waals surface area contributed by atoms with Gasteiger partial charge in [-0.15, -0.1) is 0 Å². The molecule has 0 saturated heterocycles. The highest BCUT2D eigenvalue weighted by Crippen LogP contribution is 2.31. The number of anilines is 1. The van der Waals surface area contributed by atoms with Crippen molar-refractivity contribution in [3.8, 4) is 28.5 Å². The number of hydrogen-bond donors (Lipinski definition) is 1. The molecule has 0 spiro atoms. The second-order valence-corrected chi connectivity index (χ2v) is 8.93. The number of pyridine rings is 1. The number of sulfonamides is 1. The normalized spacial score (nSPS) is 11.4. The van der Waals surface area contributed by atoms with Crippen LogP contribution in [0.1, 0.15) is 0 Å². The second-order valence-electron chi connectivity index (χ2n) is 7.25. The molecule has 0 aliphatic heterocycles. The number of benzene rings is 3. The Bertz CT molecular complexity index is 1530. The highest BCUT2D eigenvalue weighted by atomic mass is 32.2. The van der Waals surface area contributed by atoms with Gasteiger partial charge < -0.3 is 9.15 Å². The molecule has 2 heterocycles. The van der Waals surface area contributed by atoms with E-state index >= 15 is 0 Å². The molecule has 1 N–H and O–H groups in total. The minimum atomic E-state index is -3.83. The molecule has 0 fully saturated rings. The second kappa shape index (κ2) is 8.40. The molecule has 0 radical (unpaired) electrons. The highest BCUT2D eigenvalue weighted by molar-refractivity contribution is 7.92. The molecule has 0 bridgehead atoms. The van der Waals surface area contributed by atoms with Gasteiger partial charge in [-0.05, 0) is 59.7 Å². The zero-order valence-corrected chi connectivity index (χ0v) is 18.4. The maximum absolute atomic E-state index is 12.9. The summed E-state index contributed by atoms with van der Waals surface area (Å²) in [5, 5.41) is 0. The monoisotopic (exact) mass is 457 g/mol. The van der Waals surface area contributed by atoms with Gasteiger partial charge in [0, 0.05) is 6.20 Å². The lowest BCUT2D eigenvalue weighted by Gasteiger charge is -2.08. The molecule has 5 rings (SSSR count). The Hall–Kier alpha value is -4.17. The van der Waals surface area contributed by atoms with Crippen LogP contribution in [0.5, 0.6) is 5.75 Å². The van der Waals surface area contributed by atoms with E-state index in [4.69, 9.17) is 9.15 Å². The molecule has 0 unspecified atom stereocenters. The van der Waals surface area contributed by atoms with Gasteiger partial charge in [-0.3, -0.25) is 9.71 Å². The van der Waals surface area contributed by atoms with Crippen LogP contribution in [-0.4, -0.2) is 25.5 Å². The smallest absolute Gasteiger partial charge is 0.261 e. The lowest BCUT2D eigenvalue weighted by Crippen LogP contribution is -2.13. The fourth-order valence-corrected chi connectivity index (χ4v) is 4.52. The number of nitrogens with zero attached hydrogens (tertiary/aromatic N) is 2. The fraction of sp³-hybridized carbons (Fsp3) is 0.0400. The molecule has 0 saturated carbocycles. The summed E-state index contributed by atoms with van der Waals surface area (Å²) in [6.07, 6.45) is 1.69.